The molecule has 0 bridgehead atoms. The van der Waals surface area contributed by atoms with Crippen LogP contribution in [0.4, 0.5) is 19.0 Å². The van der Waals surface area contributed by atoms with Gasteiger partial charge in [-0.1, -0.05) is 0 Å². The summed E-state index contributed by atoms with van der Waals surface area (Å²) in [6, 6.07) is 10.5. The maximum atomic E-state index is 13.7. The highest BCUT2D eigenvalue weighted by Crippen LogP contribution is 2.29. The van der Waals surface area contributed by atoms with Gasteiger partial charge in [0.2, 0.25) is 0 Å². The third kappa shape index (κ3) is 5.11. The lowest BCUT2D eigenvalue weighted by Gasteiger charge is -2.33. The molecule has 0 aliphatic heterocycles. The topological polar surface area (TPSA) is 89.9 Å². The first-order valence-electron chi connectivity index (χ1n) is 11.0. The van der Waals surface area contributed by atoms with E-state index in [0.29, 0.717) is 22.6 Å². The molecule has 0 aliphatic rings. The number of benzene rings is 1. The Kier molecular flexibility index (Phi) is 6.47. The Balaban J connectivity index is 1.69. The van der Waals surface area contributed by atoms with Crippen LogP contribution in [-0.2, 0) is 12.7 Å². The van der Waals surface area contributed by atoms with Crippen molar-refractivity contribution in [2.75, 3.05) is 5.73 Å². The molecule has 7 nitrogen and oxygen atoms in total. The highest BCUT2D eigenvalue weighted by Gasteiger charge is 2.31. The number of nitrogen functional groups attached to an aromatic ring is 1. The molecule has 0 unspecified atom stereocenters. The number of aromatic nitrogens is 4. The fourth-order valence-electron chi connectivity index (χ4n) is 3.86. The number of nitrogens with zero attached hydrogens (tertiary/aromatic N) is 5. The molecule has 2 atom stereocenters. The monoisotopic (exact) mass is 482 g/mol. The van der Waals surface area contributed by atoms with E-state index in [9.17, 15) is 18.0 Å². The summed E-state index contributed by atoms with van der Waals surface area (Å²) in [7, 11) is 0. The van der Waals surface area contributed by atoms with Crippen molar-refractivity contribution in [3.05, 3.63) is 83.4 Å². The summed E-state index contributed by atoms with van der Waals surface area (Å²) in [5.74, 6) is 0.142. The number of fused-ring (bicyclic) bond motifs is 1. The van der Waals surface area contributed by atoms with E-state index in [4.69, 9.17) is 5.73 Å². The van der Waals surface area contributed by atoms with Gasteiger partial charge in [-0.15, -0.1) is 0 Å². The number of rotatable bonds is 6. The lowest BCUT2D eigenvalue weighted by atomic mass is 10.0. The molecule has 0 aliphatic carbocycles. The summed E-state index contributed by atoms with van der Waals surface area (Å²) in [6.07, 6.45) is -0.246. The minimum absolute atomic E-state index is 0.0286. The number of hydrogen-bond acceptors (Lipinski definition) is 5. The number of anilines is 1. The van der Waals surface area contributed by atoms with Crippen LogP contribution in [0.2, 0.25) is 0 Å². The summed E-state index contributed by atoms with van der Waals surface area (Å²) in [6.45, 7) is 5.67. The van der Waals surface area contributed by atoms with Crippen molar-refractivity contribution in [2.45, 2.75) is 45.6 Å². The zero-order chi connectivity index (χ0) is 25.3. The number of pyridine rings is 2. The van der Waals surface area contributed by atoms with Crippen LogP contribution in [0.1, 0.15) is 47.1 Å². The van der Waals surface area contributed by atoms with Crippen molar-refractivity contribution < 1.29 is 18.0 Å². The molecule has 35 heavy (non-hydrogen) atoms. The molecule has 10 heteroatoms. The third-order valence-corrected chi connectivity index (χ3v) is 6.17. The molecule has 182 valence electrons. The molecule has 1 aromatic carbocycles. The lowest BCUT2D eigenvalue weighted by molar-refractivity contribution is -0.137. The van der Waals surface area contributed by atoms with E-state index in [1.807, 2.05) is 26.8 Å². The van der Waals surface area contributed by atoms with Gasteiger partial charge in [-0.25, -0.2) is 4.98 Å². The van der Waals surface area contributed by atoms with Gasteiger partial charge in [-0.2, -0.15) is 18.3 Å². The van der Waals surface area contributed by atoms with Crippen LogP contribution in [0.25, 0.3) is 10.9 Å². The first-order chi connectivity index (χ1) is 16.5. The Morgan fingerprint density at radius 2 is 1.94 bits per heavy atom. The van der Waals surface area contributed by atoms with Crippen LogP contribution in [0.3, 0.4) is 0 Å². The minimum Gasteiger partial charge on any atom is -0.383 e. The summed E-state index contributed by atoms with van der Waals surface area (Å²) in [4.78, 5) is 23.7. The average molecular weight is 483 g/mol. The molecule has 2 N–H and O–H groups in total. The molecule has 0 spiro atoms. The van der Waals surface area contributed by atoms with Gasteiger partial charge in [-0.3, -0.25) is 14.5 Å². The van der Waals surface area contributed by atoms with E-state index >= 15 is 0 Å². The average Bonchev–Trinajstić information content (AvgIpc) is 3.36. The highest BCUT2D eigenvalue weighted by atomic mass is 19.4. The second-order valence-electron chi connectivity index (χ2n) is 8.53. The summed E-state index contributed by atoms with van der Waals surface area (Å²) in [5.41, 5.74) is 7.30. The van der Waals surface area contributed by atoms with E-state index in [1.165, 1.54) is 6.07 Å². The molecule has 3 heterocycles. The predicted molar refractivity (Wildman–Crippen MR) is 126 cm³/mol. The second-order valence-corrected chi connectivity index (χ2v) is 8.53. The molecular weight excluding hydrogens is 457 g/mol. The fraction of sp³-hybridized carbons (Fsp3) is 0.280. The first-order valence-corrected chi connectivity index (χ1v) is 11.0. The quantitative estimate of drug-likeness (QED) is 0.416. The Labute approximate surface area is 200 Å². The standard InChI is InChI=1S/C25H25F3N6O/c1-15-11-19-12-18(5-8-22(19)32-23(15)29)24(35)33(16(2)17(3)34-10-4-9-31-34)14-21-7-6-20(13-30-21)25(26,27)28/h4-13,16-17H,14H2,1-3H3,(H2,29,32)/t16-,17-/m0/s1. The largest absolute Gasteiger partial charge is 0.417 e. The Morgan fingerprint density at radius 3 is 2.57 bits per heavy atom. The number of hydrogen-bond donors (Lipinski definition) is 1. The lowest BCUT2D eigenvalue weighted by Crippen LogP contribution is -2.42. The van der Waals surface area contributed by atoms with Crippen molar-refractivity contribution in [3.63, 3.8) is 0 Å². The molecule has 0 saturated carbocycles. The van der Waals surface area contributed by atoms with Gasteiger partial charge >= 0.3 is 6.18 Å². The third-order valence-electron chi connectivity index (χ3n) is 6.17. The number of amides is 1. The number of alkyl halides is 3. The van der Waals surface area contributed by atoms with Crippen molar-refractivity contribution in [2.24, 2.45) is 0 Å². The summed E-state index contributed by atoms with van der Waals surface area (Å²) >= 11 is 0. The zero-order valence-corrected chi connectivity index (χ0v) is 19.5. The number of carbonyl (C=O) groups is 1. The van der Waals surface area contributed by atoms with Gasteiger partial charge in [0.05, 0.1) is 35.4 Å². The molecule has 4 aromatic rings. The molecule has 0 radical (unpaired) electrons. The minimum atomic E-state index is -4.48. The second kappa shape index (κ2) is 9.36. The van der Waals surface area contributed by atoms with Crippen LogP contribution in [0.5, 0.6) is 0 Å². The van der Waals surface area contributed by atoms with E-state index in [2.05, 4.69) is 15.1 Å². The zero-order valence-electron chi connectivity index (χ0n) is 19.5. The molecule has 3 aromatic heterocycles. The van der Waals surface area contributed by atoms with Gasteiger partial charge < -0.3 is 10.6 Å². The predicted octanol–water partition coefficient (Wildman–Crippen LogP) is 5.03. The van der Waals surface area contributed by atoms with Gasteiger partial charge in [0, 0.05) is 29.5 Å². The van der Waals surface area contributed by atoms with Gasteiger partial charge in [0.25, 0.3) is 5.91 Å². The van der Waals surface area contributed by atoms with E-state index in [0.717, 1.165) is 23.2 Å². The van der Waals surface area contributed by atoms with E-state index in [-0.39, 0.29) is 24.5 Å². The van der Waals surface area contributed by atoms with Crippen LogP contribution in [0, 0.1) is 6.92 Å². The molecule has 0 saturated heterocycles. The molecular formula is C25H25F3N6O. The van der Waals surface area contributed by atoms with Crippen LogP contribution < -0.4 is 5.73 Å². The SMILES string of the molecule is Cc1cc2cc(C(=O)N(Cc3ccc(C(F)(F)F)cn3)[C@@H](C)[C@H](C)n3cccn3)ccc2nc1N. The van der Waals surface area contributed by atoms with Gasteiger partial charge in [0.15, 0.2) is 0 Å². The van der Waals surface area contributed by atoms with Crippen LogP contribution in [0.15, 0.2) is 61.1 Å². The number of carbonyl (C=O) groups excluding carboxylic acids is 1. The summed E-state index contributed by atoms with van der Waals surface area (Å²) in [5, 5.41) is 5.04. The highest BCUT2D eigenvalue weighted by molar-refractivity contribution is 5.98. The maximum Gasteiger partial charge on any atom is 0.417 e. The van der Waals surface area contributed by atoms with Crippen molar-refractivity contribution in [1.82, 2.24) is 24.6 Å². The van der Waals surface area contributed by atoms with Crippen molar-refractivity contribution in [3.8, 4) is 0 Å². The Bertz CT molecular complexity index is 1340. The molecule has 4 rings (SSSR count). The molecule has 1 amide bonds. The number of nitrogens with two attached hydrogens (primary N) is 1. The van der Waals surface area contributed by atoms with Gasteiger partial charge in [-0.05, 0) is 68.8 Å². The summed E-state index contributed by atoms with van der Waals surface area (Å²) < 4.78 is 40.7. The maximum absolute atomic E-state index is 13.7. The van der Waals surface area contributed by atoms with Crippen molar-refractivity contribution in [1.29, 1.82) is 0 Å². The Morgan fingerprint density at radius 1 is 1.17 bits per heavy atom. The van der Waals surface area contributed by atoms with Crippen molar-refractivity contribution >= 4 is 22.6 Å². The first kappa shape index (κ1) is 24.2. The molecule has 0 fully saturated rings. The fourth-order valence-corrected chi connectivity index (χ4v) is 3.86. The number of aryl methyl sites for hydroxylation is 1. The number of halogens is 3. The normalized spacial score (nSPS) is 13.5. The van der Waals surface area contributed by atoms with Crippen LogP contribution >= 0.6 is 0 Å². The Hall–Kier alpha value is -3.95. The van der Waals surface area contributed by atoms with E-state index in [1.54, 1.807) is 46.2 Å². The smallest absolute Gasteiger partial charge is 0.383 e. The van der Waals surface area contributed by atoms with Gasteiger partial charge in [0.1, 0.15) is 5.82 Å². The van der Waals surface area contributed by atoms with E-state index < -0.39 is 11.7 Å². The van der Waals surface area contributed by atoms with Crippen LogP contribution in [-0.4, -0.2) is 36.6 Å².